The van der Waals surface area contributed by atoms with E-state index in [9.17, 15) is 34.2 Å². The van der Waals surface area contributed by atoms with Gasteiger partial charge in [0.05, 0.1) is 18.2 Å². The number of Topliss-reactive ketones (excluding diaryl/α,β-unsaturated/α-hetero) is 1. The van der Waals surface area contributed by atoms with Crippen LogP contribution in [0.15, 0.2) is 63.6 Å². The van der Waals surface area contributed by atoms with Gasteiger partial charge >= 0.3 is 11.9 Å². The lowest BCUT2D eigenvalue weighted by Crippen LogP contribution is -2.36. The molecule has 1 aromatic rings. The average Bonchev–Trinajstić information content (AvgIpc) is 3.70. The summed E-state index contributed by atoms with van der Waals surface area (Å²) >= 11 is 0. The Kier molecular flexibility index (Phi) is 14.2. The smallest absolute Gasteiger partial charge is 0.355 e. The number of carbonyl (C=O) groups is 5. The number of aliphatic hydroxyl groups excluding tert-OH is 1. The van der Waals surface area contributed by atoms with Crippen LogP contribution in [0.5, 0.6) is 0 Å². The largest absolute Gasteiger partial charge is 0.481 e. The minimum Gasteiger partial charge on any atom is -0.481 e. The normalized spacial score (nSPS) is 25.5. The molecule has 0 saturated heterocycles. The van der Waals surface area contributed by atoms with E-state index >= 15 is 0 Å². The number of ketones is 1. The van der Waals surface area contributed by atoms with E-state index < -0.39 is 54.3 Å². The zero-order chi connectivity index (χ0) is 36.2. The number of ether oxygens (including phenoxy) is 1. The molecule has 2 aliphatic heterocycles. The SMILES string of the molecule is CC1=C\[C@@H](O)C/C(=N/OCC(=O)[C@H](C(=O)O)C(C)C)Cc2nc(co2)C(=O)N2CCC=C2C(=O)O[C@H](C(C)C)[C@H](C)/C=C/C(=O)NC\C=C\1. The van der Waals surface area contributed by atoms with Crippen molar-refractivity contribution in [2.75, 3.05) is 19.7 Å². The maximum Gasteiger partial charge on any atom is 0.355 e. The van der Waals surface area contributed by atoms with Crippen molar-refractivity contribution in [1.29, 1.82) is 0 Å². The van der Waals surface area contributed by atoms with Gasteiger partial charge in [-0.25, -0.2) is 9.78 Å². The predicted molar refractivity (Wildman–Crippen MR) is 178 cm³/mol. The molecule has 2 bridgehead atoms. The van der Waals surface area contributed by atoms with Crippen LogP contribution in [-0.4, -0.2) is 87.2 Å². The third kappa shape index (κ3) is 11.4. The highest BCUT2D eigenvalue weighted by molar-refractivity contribution is 6.01. The van der Waals surface area contributed by atoms with Crippen LogP contribution < -0.4 is 5.32 Å². The molecule has 266 valence electrons. The van der Waals surface area contributed by atoms with Crippen LogP contribution in [0.25, 0.3) is 0 Å². The van der Waals surface area contributed by atoms with Crippen LogP contribution >= 0.6 is 0 Å². The number of cyclic esters (lactones) is 1. The second-order valence-corrected chi connectivity index (χ2v) is 12.8. The molecule has 3 rings (SSSR count). The summed E-state index contributed by atoms with van der Waals surface area (Å²) in [4.78, 5) is 74.2. The van der Waals surface area contributed by atoms with Gasteiger partial charge in [-0.2, -0.15) is 0 Å². The third-order valence-electron chi connectivity index (χ3n) is 7.89. The first-order valence-electron chi connectivity index (χ1n) is 16.3. The minimum absolute atomic E-state index is 0.0531. The van der Waals surface area contributed by atoms with Crippen LogP contribution in [0.4, 0.5) is 0 Å². The number of fused-ring (bicyclic) bond motifs is 3. The van der Waals surface area contributed by atoms with E-state index in [1.54, 1.807) is 51.2 Å². The number of nitrogens with one attached hydrogen (secondary N) is 1. The maximum absolute atomic E-state index is 13.5. The predicted octanol–water partition coefficient (Wildman–Crippen LogP) is 3.39. The molecule has 0 saturated carbocycles. The summed E-state index contributed by atoms with van der Waals surface area (Å²) in [5.74, 6) is -5.63. The van der Waals surface area contributed by atoms with Gasteiger partial charge in [-0.05, 0) is 31.3 Å². The molecule has 1 aromatic heterocycles. The van der Waals surface area contributed by atoms with Gasteiger partial charge in [0.15, 0.2) is 18.1 Å². The average molecular weight is 683 g/mol. The Morgan fingerprint density at radius 3 is 2.59 bits per heavy atom. The van der Waals surface area contributed by atoms with Gasteiger partial charge in [0, 0.05) is 25.4 Å². The number of esters is 1. The van der Waals surface area contributed by atoms with Crippen LogP contribution in [0.1, 0.15) is 70.8 Å². The van der Waals surface area contributed by atoms with Crippen molar-refractivity contribution in [3.05, 3.63) is 65.6 Å². The standard InChI is InChI=1S/C35H46N4O10/c1-20(2)31(34(44)45)28(41)19-48-38-24-16-25(40)15-22(5)9-7-13-36-29(42)12-11-23(6)32(21(3)4)49-35(46)27-10-8-14-39(27)33(43)26-18-47-30(17-24)37-26/h7,9-12,15,18,20-21,23,25,31-32,40H,8,13-14,16-17,19H2,1-6H3,(H,36,42)(H,44,45)/b9-7+,12-11+,22-15+,38-24-/t23-,25-,31-,32-/m1/s1. The molecular weight excluding hydrogens is 636 g/mol. The number of allylic oxidation sites excluding steroid dienone is 2. The summed E-state index contributed by atoms with van der Waals surface area (Å²) in [6.45, 7) is 10.4. The van der Waals surface area contributed by atoms with Crippen molar-refractivity contribution >= 4 is 35.2 Å². The van der Waals surface area contributed by atoms with Crippen LogP contribution in [0.3, 0.4) is 0 Å². The molecule has 0 fully saturated rings. The molecule has 0 unspecified atom stereocenters. The second-order valence-electron chi connectivity index (χ2n) is 12.8. The van der Waals surface area contributed by atoms with E-state index in [2.05, 4.69) is 15.5 Å². The van der Waals surface area contributed by atoms with Gasteiger partial charge in [0.1, 0.15) is 24.0 Å². The number of amides is 2. The highest BCUT2D eigenvalue weighted by Gasteiger charge is 2.34. The first-order valence-corrected chi connectivity index (χ1v) is 16.3. The fourth-order valence-corrected chi connectivity index (χ4v) is 5.49. The Balaban J connectivity index is 1.92. The molecule has 4 atom stereocenters. The van der Waals surface area contributed by atoms with Crippen LogP contribution in [-0.2, 0) is 35.2 Å². The van der Waals surface area contributed by atoms with Crippen LogP contribution in [0, 0.1) is 23.7 Å². The Hall–Kier alpha value is -4.85. The molecule has 2 amide bonds. The molecule has 0 radical (unpaired) electrons. The number of oxime groups is 1. The number of carboxylic acids is 1. The summed E-state index contributed by atoms with van der Waals surface area (Å²) in [5, 5.41) is 27.0. The zero-order valence-electron chi connectivity index (χ0n) is 28.8. The number of hydrogen-bond acceptors (Lipinski definition) is 11. The molecular formula is C35H46N4O10. The fourth-order valence-electron chi connectivity index (χ4n) is 5.49. The van der Waals surface area contributed by atoms with E-state index in [1.165, 1.54) is 11.0 Å². The van der Waals surface area contributed by atoms with E-state index in [0.29, 0.717) is 12.0 Å². The molecule has 14 nitrogen and oxygen atoms in total. The minimum atomic E-state index is -1.28. The van der Waals surface area contributed by atoms with Gasteiger partial charge in [-0.1, -0.05) is 75.7 Å². The fraction of sp³-hybridized carbons (Fsp3) is 0.514. The summed E-state index contributed by atoms with van der Waals surface area (Å²) in [7, 11) is 0. The number of nitrogens with zero attached hydrogens (tertiary/aromatic N) is 3. The highest BCUT2D eigenvalue weighted by Crippen LogP contribution is 2.25. The lowest BCUT2D eigenvalue weighted by Gasteiger charge is -2.27. The maximum atomic E-state index is 13.5. The topological polar surface area (TPSA) is 198 Å². The van der Waals surface area contributed by atoms with Crippen molar-refractivity contribution in [3.8, 4) is 0 Å². The van der Waals surface area contributed by atoms with Gasteiger partial charge in [0.25, 0.3) is 5.91 Å². The first kappa shape index (κ1) is 38.6. The molecule has 3 heterocycles. The Morgan fingerprint density at radius 1 is 1.18 bits per heavy atom. The third-order valence-corrected chi connectivity index (χ3v) is 7.89. The Morgan fingerprint density at radius 2 is 1.92 bits per heavy atom. The van der Waals surface area contributed by atoms with Crippen molar-refractivity contribution in [3.63, 3.8) is 0 Å². The number of aliphatic hydroxyl groups is 1. The number of carbonyl (C=O) groups excluding carboxylic acids is 4. The van der Waals surface area contributed by atoms with Gasteiger partial charge < -0.3 is 34.4 Å². The molecule has 0 spiro atoms. The van der Waals surface area contributed by atoms with Gasteiger partial charge in [-0.3, -0.25) is 19.2 Å². The highest BCUT2D eigenvalue weighted by atomic mass is 16.6. The van der Waals surface area contributed by atoms with Crippen molar-refractivity contribution in [2.45, 2.75) is 73.0 Å². The van der Waals surface area contributed by atoms with Crippen molar-refractivity contribution in [1.82, 2.24) is 15.2 Å². The quantitative estimate of drug-likeness (QED) is 0.216. The van der Waals surface area contributed by atoms with E-state index in [1.807, 2.05) is 20.8 Å². The Labute approximate surface area is 285 Å². The lowest BCUT2D eigenvalue weighted by atomic mass is 9.92. The van der Waals surface area contributed by atoms with Crippen LogP contribution in [0.2, 0.25) is 0 Å². The molecule has 2 aliphatic rings. The van der Waals surface area contributed by atoms with Gasteiger partial charge in [0.2, 0.25) is 11.8 Å². The molecule has 0 aromatic carbocycles. The number of hydrogen-bond donors (Lipinski definition) is 3. The summed E-state index contributed by atoms with van der Waals surface area (Å²) in [5.41, 5.74) is 0.879. The molecule has 14 heteroatoms. The van der Waals surface area contributed by atoms with Gasteiger partial charge in [-0.15, -0.1) is 0 Å². The van der Waals surface area contributed by atoms with E-state index in [0.717, 1.165) is 6.26 Å². The lowest BCUT2D eigenvalue weighted by molar-refractivity contribution is -0.151. The Bertz CT molecular complexity index is 1530. The second kappa shape index (κ2) is 18.1. The number of carboxylic acid groups (broad SMARTS) is 1. The van der Waals surface area contributed by atoms with Crippen molar-refractivity contribution < 1.29 is 48.2 Å². The monoisotopic (exact) mass is 682 g/mol. The zero-order valence-corrected chi connectivity index (χ0v) is 28.8. The van der Waals surface area contributed by atoms with Crippen molar-refractivity contribution in [2.24, 2.45) is 28.8 Å². The molecule has 0 aliphatic carbocycles. The van der Waals surface area contributed by atoms with E-state index in [4.69, 9.17) is 14.0 Å². The number of oxazole rings is 1. The first-order chi connectivity index (χ1) is 23.2. The van der Waals surface area contributed by atoms with E-state index in [-0.39, 0.29) is 66.7 Å². The molecule has 49 heavy (non-hydrogen) atoms. The number of rotatable bonds is 7. The summed E-state index contributed by atoms with van der Waals surface area (Å²) < 4.78 is 11.4. The number of aliphatic carboxylic acids is 1. The number of aromatic nitrogens is 1. The molecule has 3 N–H and O–H groups in total. The summed E-state index contributed by atoms with van der Waals surface area (Å²) in [6, 6.07) is 0. The summed E-state index contributed by atoms with van der Waals surface area (Å²) in [6.07, 6.45) is 9.40.